The van der Waals surface area contributed by atoms with Crippen molar-refractivity contribution in [3.05, 3.63) is 41.7 Å². The Bertz CT molecular complexity index is 681. The number of nitrogens with one attached hydrogen (secondary N) is 1. The third kappa shape index (κ3) is 4.87. The van der Waals surface area contributed by atoms with Gasteiger partial charge in [0.05, 0.1) is 24.1 Å². The molecule has 2 aromatic rings. The molecule has 1 fully saturated rings. The van der Waals surface area contributed by atoms with E-state index in [1.807, 2.05) is 30.3 Å². The van der Waals surface area contributed by atoms with Crippen LogP contribution in [-0.4, -0.2) is 53.4 Å². The Morgan fingerprint density at radius 1 is 1.36 bits per heavy atom. The summed E-state index contributed by atoms with van der Waals surface area (Å²) in [5.41, 5.74) is 1.78. The first kappa shape index (κ1) is 17.6. The van der Waals surface area contributed by atoms with Crippen molar-refractivity contribution in [2.75, 3.05) is 26.4 Å². The number of amides is 1. The molecular weight excluding hydrogens is 320 g/mol. The van der Waals surface area contributed by atoms with Crippen molar-refractivity contribution in [3.8, 4) is 5.69 Å². The molecule has 25 heavy (non-hydrogen) atoms. The van der Waals surface area contributed by atoms with Gasteiger partial charge in [-0.25, -0.2) is 0 Å². The first-order valence-electron chi connectivity index (χ1n) is 8.71. The second-order valence-corrected chi connectivity index (χ2v) is 6.08. The Balaban J connectivity index is 1.41. The highest BCUT2D eigenvalue weighted by atomic mass is 16.5. The molecular formula is C18H24N4O3. The minimum Gasteiger partial charge on any atom is -0.379 e. The zero-order valence-corrected chi connectivity index (χ0v) is 14.5. The van der Waals surface area contributed by atoms with E-state index in [-0.39, 0.29) is 12.0 Å². The molecule has 7 nitrogen and oxygen atoms in total. The summed E-state index contributed by atoms with van der Waals surface area (Å²) in [7, 11) is 0. The van der Waals surface area contributed by atoms with Gasteiger partial charge in [0.2, 0.25) is 0 Å². The van der Waals surface area contributed by atoms with Gasteiger partial charge >= 0.3 is 0 Å². The number of para-hydroxylation sites is 1. The van der Waals surface area contributed by atoms with Crippen LogP contribution in [0.1, 0.15) is 35.4 Å². The SMILES string of the molecule is Cc1nn(-c2ccccc2)nc1C(=O)NCCCOCC1CCCO1. The quantitative estimate of drug-likeness (QED) is 0.740. The van der Waals surface area contributed by atoms with Gasteiger partial charge in [-0.3, -0.25) is 4.79 Å². The van der Waals surface area contributed by atoms with Gasteiger partial charge in [0, 0.05) is 19.8 Å². The Morgan fingerprint density at radius 2 is 2.20 bits per heavy atom. The minimum absolute atomic E-state index is 0.209. The van der Waals surface area contributed by atoms with Gasteiger partial charge < -0.3 is 14.8 Å². The van der Waals surface area contributed by atoms with E-state index in [0.717, 1.165) is 31.6 Å². The number of benzene rings is 1. The molecule has 1 aromatic heterocycles. The van der Waals surface area contributed by atoms with Crippen molar-refractivity contribution < 1.29 is 14.3 Å². The van der Waals surface area contributed by atoms with Crippen LogP contribution in [-0.2, 0) is 9.47 Å². The van der Waals surface area contributed by atoms with Crippen molar-refractivity contribution in [1.29, 1.82) is 0 Å². The van der Waals surface area contributed by atoms with Crippen LogP contribution in [0, 0.1) is 6.92 Å². The van der Waals surface area contributed by atoms with Crippen LogP contribution in [0.2, 0.25) is 0 Å². The molecule has 0 spiro atoms. The van der Waals surface area contributed by atoms with E-state index in [1.165, 1.54) is 4.80 Å². The first-order valence-corrected chi connectivity index (χ1v) is 8.71. The molecule has 1 amide bonds. The van der Waals surface area contributed by atoms with Gasteiger partial charge in [-0.1, -0.05) is 18.2 Å². The number of rotatable bonds is 8. The minimum atomic E-state index is -0.209. The lowest BCUT2D eigenvalue weighted by molar-refractivity contribution is 0.0166. The van der Waals surface area contributed by atoms with E-state index in [4.69, 9.17) is 9.47 Å². The standard InChI is InChI=1S/C18H24N4O3/c1-14-17(21-22(20-14)15-7-3-2-4-8-15)18(23)19-10-6-11-24-13-16-9-5-12-25-16/h2-4,7-8,16H,5-6,9-13H2,1H3,(H,19,23). The average Bonchev–Trinajstić information content (AvgIpc) is 3.28. The molecule has 1 aromatic carbocycles. The summed E-state index contributed by atoms with van der Waals surface area (Å²) in [5, 5.41) is 11.5. The summed E-state index contributed by atoms with van der Waals surface area (Å²) >= 11 is 0. The van der Waals surface area contributed by atoms with Crippen molar-refractivity contribution in [2.45, 2.75) is 32.3 Å². The van der Waals surface area contributed by atoms with E-state index in [0.29, 0.717) is 31.1 Å². The molecule has 0 bridgehead atoms. The van der Waals surface area contributed by atoms with Crippen molar-refractivity contribution in [1.82, 2.24) is 20.3 Å². The first-order chi connectivity index (χ1) is 12.2. The largest absolute Gasteiger partial charge is 0.379 e. The zero-order valence-electron chi connectivity index (χ0n) is 14.5. The Hall–Kier alpha value is -2.25. The molecule has 0 radical (unpaired) electrons. The smallest absolute Gasteiger partial charge is 0.273 e. The fraction of sp³-hybridized carbons (Fsp3) is 0.500. The van der Waals surface area contributed by atoms with Gasteiger partial charge in [-0.15, -0.1) is 5.10 Å². The summed E-state index contributed by atoms with van der Waals surface area (Å²) in [5.74, 6) is -0.209. The van der Waals surface area contributed by atoms with Crippen LogP contribution in [0.3, 0.4) is 0 Å². The van der Waals surface area contributed by atoms with Crippen molar-refractivity contribution in [3.63, 3.8) is 0 Å². The Labute approximate surface area is 147 Å². The number of nitrogens with zero attached hydrogens (tertiary/aromatic N) is 3. The molecule has 134 valence electrons. The number of carbonyl (C=O) groups excluding carboxylic acids is 1. The third-order valence-electron chi connectivity index (χ3n) is 4.06. The van der Waals surface area contributed by atoms with Crippen molar-refractivity contribution in [2.24, 2.45) is 0 Å². The lowest BCUT2D eigenvalue weighted by atomic mass is 10.2. The summed E-state index contributed by atoms with van der Waals surface area (Å²) in [6.45, 7) is 4.41. The molecule has 1 aliphatic rings. The summed E-state index contributed by atoms with van der Waals surface area (Å²) in [4.78, 5) is 13.7. The fourth-order valence-corrected chi connectivity index (χ4v) is 2.72. The van der Waals surface area contributed by atoms with Crippen LogP contribution in [0.15, 0.2) is 30.3 Å². The second kappa shape index (κ2) is 8.73. The van der Waals surface area contributed by atoms with E-state index >= 15 is 0 Å². The number of ether oxygens (including phenoxy) is 2. The predicted octanol–water partition coefficient (Wildman–Crippen LogP) is 1.89. The normalized spacial score (nSPS) is 16.9. The Morgan fingerprint density at radius 3 is 2.96 bits per heavy atom. The summed E-state index contributed by atoms with van der Waals surface area (Å²) in [6, 6.07) is 9.53. The van der Waals surface area contributed by atoms with Crippen LogP contribution < -0.4 is 5.32 Å². The molecule has 0 aliphatic carbocycles. The van der Waals surface area contributed by atoms with Crippen LogP contribution in [0.5, 0.6) is 0 Å². The molecule has 2 heterocycles. The van der Waals surface area contributed by atoms with Gasteiger partial charge in [0.25, 0.3) is 5.91 Å². The van der Waals surface area contributed by atoms with Crippen LogP contribution in [0.25, 0.3) is 5.69 Å². The van der Waals surface area contributed by atoms with Crippen molar-refractivity contribution >= 4 is 5.91 Å². The third-order valence-corrected chi connectivity index (χ3v) is 4.06. The molecule has 1 unspecified atom stereocenters. The van der Waals surface area contributed by atoms with E-state index < -0.39 is 0 Å². The molecule has 1 aliphatic heterocycles. The lowest BCUT2D eigenvalue weighted by Gasteiger charge is -2.10. The number of hydrogen-bond acceptors (Lipinski definition) is 5. The van der Waals surface area contributed by atoms with Crippen LogP contribution >= 0.6 is 0 Å². The molecule has 1 N–H and O–H groups in total. The monoisotopic (exact) mass is 344 g/mol. The number of aromatic nitrogens is 3. The fourth-order valence-electron chi connectivity index (χ4n) is 2.72. The second-order valence-electron chi connectivity index (χ2n) is 6.08. The predicted molar refractivity (Wildman–Crippen MR) is 92.8 cm³/mol. The van der Waals surface area contributed by atoms with E-state index in [1.54, 1.807) is 6.92 Å². The number of hydrogen-bond donors (Lipinski definition) is 1. The molecule has 7 heteroatoms. The topological polar surface area (TPSA) is 78.3 Å². The average molecular weight is 344 g/mol. The lowest BCUT2D eigenvalue weighted by Crippen LogP contribution is -2.26. The highest BCUT2D eigenvalue weighted by molar-refractivity contribution is 5.93. The van der Waals surface area contributed by atoms with Gasteiger partial charge in [0.15, 0.2) is 5.69 Å². The Kier molecular flexibility index (Phi) is 6.14. The highest BCUT2D eigenvalue weighted by Crippen LogP contribution is 2.12. The van der Waals surface area contributed by atoms with Gasteiger partial charge in [0.1, 0.15) is 0 Å². The number of carbonyl (C=O) groups is 1. The maximum atomic E-state index is 12.3. The van der Waals surface area contributed by atoms with Gasteiger partial charge in [-0.2, -0.15) is 9.90 Å². The molecule has 1 saturated heterocycles. The molecule has 3 rings (SSSR count). The highest BCUT2D eigenvalue weighted by Gasteiger charge is 2.16. The maximum absolute atomic E-state index is 12.3. The molecule has 0 saturated carbocycles. The van der Waals surface area contributed by atoms with E-state index in [9.17, 15) is 4.79 Å². The summed E-state index contributed by atoms with van der Waals surface area (Å²) in [6.07, 6.45) is 3.19. The van der Waals surface area contributed by atoms with Crippen LogP contribution in [0.4, 0.5) is 0 Å². The summed E-state index contributed by atoms with van der Waals surface area (Å²) < 4.78 is 11.1. The van der Waals surface area contributed by atoms with E-state index in [2.05, 4.69) is 15.5 Å². The molecule has 1 atom stereocenters. The maximum Gasteiger partial charge on any atom is 0.273 e. The number of aryl methyl sites for hydroxylation is 1. The van der Waals surface area contributed by atoms with Gasteiger partial charge in [-0.05, 0) is 38.3 Å². The zero-order chi connectivity index (χ0) is 17.5.